The fourth-order valence-corrected chi connectivity index (χ4v) is 9.05. The molecule has 0 unspecified atom stereocenters. The molecule has 0 fully saturated rings. The Hall–Kier alpha value is -7.58. The molecule has 7 aromatic rings. The zero-order valence-corrected chi connectivity index (χ0v) is 43.6. The summed E-state index contributed by atoms with van der Waals surface area (Å²) in [5.74, 6) is -1.29. The number of carbonyl (C=O) groups is 4. The summed E-state index contributed by atoms with van der Waals surface area (Å²) in [7, 11) is 0. The minimum Gasteiger partial charge on any atom is -0.423 e. The molecule has 0 heterocycles. The molecule has 0 aromatic heterocycles. The summed E-state index contributed by atoms with van der Waals surface area (Å²) in [5, 5.41) is 0. The fraction of sp³-hybridized carbons (Fsp3) is 0.303. The van der Waals surface area contributed by atoms with Crippen LogP contribution < -0.4 is 18.9 Å². The molecule has 0 spiro atoms. The van der Waals surface area contributed by atoms with Gasteiger partial charge in [0.2, 0.25) is 0 Å². The van der Waals surface area contributed by atoms with Crippen LogP contribution in [0, 0.1) is 0 Å². The highest BCUT2D eigenvalue weighted by atomic mass is 16.6. The minimum absolute atomic E-state index is 0.174. The van der Waals surface area contributed by atoms with Crippen molar-refractivity contribution in [1.29, 1.82) is 0 Å². The van der Waals surface area contributed by atoms with Gasteiger partial charge < -0.3 is 18.9 Å². The third-order valence-corrected chi connectivity index (χ3v) is 13.5. The van der Waals surface area contributed by atoms with Crippen LogP contribution in [0.1, 0.15) is 168 Å². The van der Waals surface area contributed by atoms with Crippen LogP contribution in [0.5, 0.6) is 23.0 Å². The summed E-state index contributed by atoms with van der Waals surface area (Å²) in [4.78, 5) is 53.4. The molecule has 7 aromatic carbocycles. The molecule has 0 radical (unpaired) electrons. The maximum Gasteiger partial charge on any atom is 0.343 e. The van der Waals surface area contributed by atoms with Gasteiger partial charge in [0.15, 0.2) is 0 Å². The Labute approximate surface area is 438 Å². The van der Waals surface area contributed by atoms with Gasteiger partial charge in [-0.15, -0.1) is 0 Å². The van der Waals surface area contributed by atoms with E-state index in [9.17, 15) is 19.2 Å². The number of ether oxygens (including phenoxy) is 4. The van der Waals surface area contributed by atoms with Crippen LogP contribution in [-0.2, 0) is 25.7 Å². The molecule has 74 heavy (non-hydrogen) atoms. The molecule has 0 N–H and O–H groups in total. The smallest absolute Gasteiger partial charge is 0.343 e. The first-order valence-electron chi connectivity index (χ1n) is 26.8. The van der Waals surface area contributed by atoms with Gasteiger partial charge in [-0.1, -0.05) is 171 Å². The van der Waals surface area contributed by atoms with Crippen LogP contribution >= 0.6 is 0 Å². The molecule has 8 nitrogen and oxygen atoms in total. The van der Waals surface area contributed by atoms with Crippen LogP contribution in [0.2, 0.25) is 0 Å². The Kier molecular flexibility index (Phi) is 20.5. The van der Waals surface area contributed by atoms with Crippen LogP contribution in [0.4, 0.5) is 0 Å². The van der Waals surface area contributed by atoms with E-state index in [0.29, 0.717) is 57.7 Å². The van der Waals surface area contributed by atoms with Crippen LogP contribution in [0.15, 0.2) is 158 Å². The molecule has 8 heteroatoms. The molecular formula is C66H70O8. The second kappa shape index (κ2) is 28.0. The Balaban J connectivity index is 0.890. The third-order valence-electron chi connectivity index (χ3n) is 13.5. The number of carbonyl (C=O) groups excluding carboxylic acids is 4. The first-order chi connectivity index (χ1) is 36.1. The maximum atomic E-state index is 13.5. The lowest BCUT2D eigenvalue weighted by molar-refractivity contribution is 0.0722. The van der Waals surface area contributed by atoms with E-state index in [1.807, 2.05) is 38.1 Å². The van der Waals surface area contributed by atoms with E-state index < -0.39 is 23.9 Å². The van der Waals surface area contributed by atoms with E-state index in [0.717, 1.165) is 35.1 Å². The topological polar surface area (TPSA) is 105 Å². The molecule has 0 saturated carbocycles. The highest BCUT2D eigenvalue weighted by molar-refractivity contribution is 5.95. The SMILES string of the molecule is CCCCCCCCc1ccc(-c2ccc(C(=O)Oc3ccc(C(=O)Oc4cccc(OC(=O)c5ccc(OC(=O)c6ccc(-c7ccc(CCCCCCCC)cc7)cc6)cc5CC)c4)c(CC)c3)cc2)cc1. The number of rotatable bonds is 26. The molecular weight excluding hydrogens is 921 g/mol. The van der Waals surface area contributed by atoms with Gasteiger partial charge in [0.25, 0.3) is 0 Å². The van der Waals surface area contributed by atoms with Crippen molar-refractivity contribution in [3.05, 3.63) is 202 Å². The summed E-state index contributed by atoms with van der Waals surface area (Å²) in [6, 6.07) is 47.9. The van der Waals surface area contributed by atoms with E-state index in [1.165, 1.54) is 94.2 Å². The van der Waals surface area contributed by atoms with Crippen molar-refractivity contribution in [3.63, 3.8) is 0 Å². The highest BCUT2D eigenvalue weighted by Crippen LogP contribution is 2.29. The van der Waals surface area contributed by atoms with Gasteiger partial charge in [-0.05, 0) is 156 Å². The summed E-state index contributed by atoms with van der Waals surface area (Å²) >= 11 is 0. The Morgan fingerprint density at radius 3 is 1.01 bits per heavy atom. The van der Waals surface area contributed by atoms with E-state index in [2.05, 4.69) is 62.4 Å². The average Bonchev–Trinajstić information content (AvgIpc) is 3.43. The Bertz CT molecular complexity index is 2740. The molecule has 0 atom stereocenters. The quantitative estimate of drug-likeness (QED) is 0.0300. The van der Waals surface area contributed by atoms with Crippen LogP contribution in [-0.4, -0.2) is 23.9 Å². The standard InChI is InChI=1S/C66H70O8/c1-5-9-11-13-15-17-20-47-24-28-51(29-25-47)53-32-36-55(37-33-53)63(67)71-59-40-42-61(49(7-3)44-59)65(69)73-57-22-19-23-58(46-57)74-66(70)62-43-41-60(45-50(62)8-4)72-64(68)56-38-34-54(35-39-56)52-30-26-48(27-31-52)21-18-16-14-12-10-6-2/h19,22-46H,5-18,20-21H2,1-4H3. The minimum atomic E-state index is -0.618. The largest absolute Gasteiger partial charge is 0.423 e. The normalized spacial score (nSPS) is 11.0. The lowest BCUT2D eigenvalue weighted by Crippen LogP contribution is -2.14. The predicted molar refractivity (Wildman–Crippen MR) is 296 cm³/mol. The van der Waals surface area contributed by atoms with E-state index in [1.54, 1.807) is 78.9 Å². The van der Waals surface area contributed by atoms with Gasteiger partial charge in [0, 0.05) is 6.07 Å². The van der Waals surface area contributed by atoms with Crippen molar-refractivity contribution >= 4 is 23.9 Å². The molecule has 382 valence electrons. The third kappa shape index (κ3) is 15.7. The van der Waals surface area contributed by atoms with E-state index >= 15 is 0 Å². The van der Waals surface area contributed by atoms with E-state index in [4.69, 9.17) is 18.9 Å². The second-order valence-corrected chi connectivity index (χ2v) is 19.0. The van der Waals surface area contributed by atoms with Gasteiger partial charge in [-0.2, -0.15) is 0 Å². The average molecular weight is 991 g/mol. The van der Waals surface area contributed by atoms with E-state index in [-0.39, 0.29) is 11.5 Å². The van der Waals surface area contributed by atoms with Crippen LogP contribution in [0.25, 0.3) is 22.3 Å². The molecule has 0 amide bonds. The molecule has 0 aliphatic heterocycles. The molecule has 0 saturated heterocycles. The predicted octanol–water partition coefficient (Wildman–Crippen LogP) is 16.8. The van der Waals surface area contributed by atoms with Gasteiger partial charge in [0.1, 0.15) is 23.0 Å². The number of hydrogen-bond acceptors (Lipinski definition) is 8. The second-order valence-electron chi connectivity index (χ2n) is 19.0. The molecule has 0 aliphatic carbocycles. The summed E-state index contributed by atoms with van der Waals surface area (Å²) in [6.45, 7) is 8.27. The van der Waals surface area contributed by atoms with Crippen LogP contribution in [0.3, 0.4) is 0 Å². The fourth-order valence-electron chi connectivity index (χ4n) is 9.05. The Morgan fingerprint density at radius 1 is 0.324 bits per heavy atom. The zero-order valence-electron chi connectivity index (χ0n) is 43.6. The highest BCUT2D eigenvalue weighted by Gasteiger charge is 2.19. The molecule has 0 bridgehead atoms. The number of unbranched alkanes of at least 4 members (excludes halogenated alkanes) is 10. The summed E-state index contributed by atoms with van der Waals surface area (Å²) in [6.07, 6.45) is 18.5. The molecule has 7 rings (SSSR count). The van der Waals surface area contributed by atoms with Crippen molar-refractivity contribution in [2.24, 2.45) is 0 Å². The van der Waals surface area contributed by atoms with Gasteiger partial charge in [0.05, 0.1) is 22.3 Å². The van der Waals surface area contributed by atoms with Gasteiger partial charge in [-0.25, -0.2) is 19.2 Å². The number of esters is 4. The molecule has 0 aliphatic rings. The number of benzene rings is 7. The Morgan fingerprint density at radius 2 is 0.649 bits per heavy atom. The number of aryl methyl sites for hydroxylation is 4. The van der Waals surface area contributed by atoms with Crippen molar-refractivity contribution in [1.82, 2.24) is 0 Å². The summed E-state index contributed by atoms with van der Waals surface area (Å²) in [5.41, 5.74) is 9.57. The van der Waals surface area contributed by atoms with Crippen molar-refractivity contribution < 1.29 is 38.1 Å². The van der Waals surface area contributed by atoms with Gasteiger partial charge in [-0.3, -0.25) is 0 Å². The monoisotopic (exact) mass is 991 g/mol. The van der Waals surface area contributed by atoms with Gasteiger partial charge >= 0.3 is 23.9 Å². The lowest BCUT2D eigenvalue weighted by Gasteiger charge is -2.13. The maximum absolute atomic E-state index is 13.5. The first kappa shape index (κ1) is 54.2. The first-order valence-corrected chi connectivity index (χ1v) is 26.8. The summed E-state index contributed by atoms with van der Waals surface area (Å²) < 4.78 is 23.0. The number of hydrogen-bond donors (Lipinski definition) is 0. The lowest BCUT2D eigenvalue weighted by atomic mass is 10.00. The van der Waals surface area contributed by atoms with Crippen molar-refractivity contribution in [3.8, 4) is 45.3 Å². The zero-order chi connectivity index (χ0) is 52.1. The van der Waals surface area contributed by atoms with Crippen molar-refractivity contribution in [2.45, 2.75) is 130 Å². The van der Waals surface area contributed by atoms with Crippen molar-refractivity contribution in [2.75, 3.05) is 0 Å².